The summed E-state index contributed by atoms with van der Waals surface area (Å²) >= 11 is 0. The molecule has 1 fully saturated rings. The smallest absolute Gasteiger partial charge is 0.251 e. The van der Waals surface area contributed by atoms with E-state index >= 15 is 0 Å². The van der Waals surface area contributed by atoms with Gasteiger partial charge in [0.1, 0.15) is 5.92 Å². The van der Waals surface area contributed by atoms with Gasteiger partial charge < -0.3 is 15.1 Å². The van der Waals surface area contributed by atoms with Crippen molar-refractivity contribution in [2.75, 3.05) is 39.8 Å². The van der Waals surface area contributed by atoms with Crippen molar-refractivity contribution in [1.29, 1.82) is 0 Å². The minimum atomic E-state index is -0.675. The first kappa shape index (κ1) is 22.7. The average Bonchev–Trinajstić information content (AvgIpc) is 2.80. The molecule has 0 bridgehead atoms. The van der Waals surface area contributed by atoms with Crippen molar-refractivity contribution in [1.82, 2.24) is 15.1 Å². The van der Waals surface area contributed by atoms with E-state index in [1.807, 2.05) is 48.3 Å². The van der Waals surface area contributed by atoms with Crippen molar-refractivity contribution in [3.05, 3.63) is 71.8 Å². The molecule has 3 rings (SSSR count). The number of carbonyl (C=O) groups is 3. The SMILES string of the molecule is CN1CCCN(CCCCNC(=O)c2ccccc2)C(=O)[C@@H](C(=O)c2ccccc2)C1. The van der Waals surface area contributed by atoms with E-state index in [0.717, 1.165) is 25.8 Å². The third-order valence-corrected chi connectivity index (χ3v) is 5.62. The third kappa shape index (κ3) is 6.49. The first-order chi connectivity index (χ1) is 15.1. The van der Waals surface area contributed by atoms with Gasteiger partial charge >= 0.3 is 0 Å². The van der Waals surface area contributed by atoms with Gasteiger partial charge in [0.25, 0.3) is 5.91 Å². The normalized spacial score (nSPS) is 17.6. The fourth-order valence-corrected chi connectivity index (χ4v) is 3.88. The summed E-state index contributed by atoms with van der Waals surface area (Å²) in [7, 11) is 1.96. The first-order valence-corrected chi connectivity index (χ1v) is 11.0. The van der Waals surface area contributed by atoms with Gasteiger partial charge in [0.15, 0.2) is 5.78 Å². The molecule has 0 saturated carbocycles. The number of unbranched alkanes of at least 4 members (excludes halogenated alkanes) is 1. The molecular formula is C25H31N3O3. The van der Waals surface area contributed by atoms with Crippen LogP contribution in [0.5, 0.6) is 0 Å². The number of amides is 2. The summed E-state index contributed by atoms with van der Waals surface area (Å²) in [4.78, 5) is 42.3. The van der Waals surface area contributed by atoms with Crippen molar-refractivity contribution in [3.63, 3.8) is 0 Å². The molecule has 1 aliphatic heterocycles. The highest BCUT2D eigenvalue weighted by atomic mass is 16.2. The van der Waals surface area contributed by atoms with Crippen LogP contribution in [-0.2, 0) is 4.79 Å². The molecule has 31 heavy (non-hydrogen) atoms. The number of hydrogen-bond donors (Lipinski definition) is 1. The molecule has 1 saturated heterocycles. The lowest BCUT2D eigenvalue weighted by Crippen LogP contribution is -2.48. The van der Waals surface area contributed by atoms with E-state index < -0.39 is 5.92 Å². The van der Waals surface area contributed by atoms with E-state index in [2.05, 4.69) is 10.2 Å². The van der Waals surface area contributed by atoms with Crippen LogP contribution in [0.15, 0.2) is 60.7 Å². The van der Waals surface area contributed by atoms with Crippen LogP contribution in [0, 0.1) is 5.92 Å². The van der Waals surface area contributed by atoms with Crippen LogP contribution in [0.1, 0.15) is 40.0 Å². The lowest BCUT2D eigenvalue weighted by Gasteiger charge is -2.32. The molecule has 0 spiro atoms. The Kier molecular flexibility index (Phi) is 8.35. The maximum absolute atomic E-state index is 13.2. The molecule has 6 heteroatoms. The zero-order valence-corrected chi connectivity index (χ0v) is 18.1. The lowest BCUT2D eigenvalue weighted by molar-refractivity contribution is -0.135. The summed E-state index contributed by atoms with van der Waals surface area (Å²) in [6, 6.07) is 18.2. The Morgan fingerprint density at radius 1 is 0.935 bits per heavy atom. The Morgan fingerprint density at radius 3 is 2.26 bits per heavy atom. The van der Waals surface area contributed by atoms with Crippen LogP contribution in [0.4, 0.5) is 0 Å². The highest BCUT2D eigenvalue weighted by molar-refractivity contribution is 6.10. The van der Waals surface area contributed by atoms with Gasteiger partial charge in [0.2, 0.25) is 5.91 Å². The summed E-state index contributed by atoms with van der Waals surface area (Å²) in [6.45, 7) is 3.11. The number of carbonyl (C=O) groups excluding carboxylic acids is 3. The zero-order chi connectivity index (χ0) is 22.1. The number of hydrogen-bond acceptors (Lipinski definition) is 4. The summed E-state index contributed by atoms with van der Waals surface area (Å²) in [5, 5.41) is 2.92. The first-order valence-electron chi connectivity index (χ1n) is 11.0. The largest absolute Gasteiger partial charge is 0.352 e. The number of benzene rings is 2. The maximum atomic E-state index is 13.2. The van der Waals surface area contributed by atoms with Crippen molar-refractivity contribution in [3.8, 4) is 0 Å². The molecule has 1 N–H and O–H groups in total. The quantitative estimate of drug-likeness (QED) is 0.404. The summed E-state index contributed by atoms with van der Waals surface area (Å²) in [5.41, 5.74) is 1.23. The highest BCUT2D eigenvalue weighted by Gasteiger charge is 2.33. The fourth-order valence-electron chi connectivity index (χ4n) is 3.88. The van der Waals surface area contributed by atoms with Gasteiger partial charge in [-0.3, -0.25) is 14.4 Å². The molecular weight excluding hydrogens is 390 g/mol. The van der Waals surface area contributed by atoms with Gasteiger partial charge in [-0.1, -0.05) is 48.5 Å². The van der Waals surface area contributed by atoms with E-state index in [1.54, 1.807) is 24.3 Å². The topological polar surface area (TPSA) is 69.7 Å². The average molecular weight is 422 g/mol. The molecule has 0 unspecified atom stereocenters. The molecule has 164 valence electrons. The second-order valence-corrected chi connectivity index (χ2v) is 8.05. The van der Waals surface area contributed by atoms with E-state index in [0.29, 0.717) is 37.3 Å². The summed E-state index contributed by atoms with van der Waals surface area (Å²) in [6.07, 6.45) is 2.45. The second kappa shape index (κ2) is 11.4. The zero-order valence-electron chi connectivity index (χ0n) is 18.1. The van der Waals surface area contributed by atoms with Crippen LogP contribution in [-0.4, -0.2) is 67.2 Å². The van der Waals surface area contributed by atoms with Crippen LogP contribution in [0.25, 0.3) is 0 Å². The molecule has 1 atom stereocenters. The van der Waals surface area contributed by atoms with Gasteiger partial charge in [0.05, 0.1) is 0 Å². The van der Waals surface area contributed by atoms with E-state index in [-0.39, 0.29) is 17.6 Å². The standard InChI is InChI=1S/C25H31N3O3/c1-27-16-10-18-28(17-9-8-15-26-24(30)21-13-6-3-7-14-21)25(31)22(19-27)23(29)20-11-4-2-5-12-20/h2-7,11-14,22H,8-10,15-19H2,1H3,(H,26,30)/t22-/m1/s1. The van der Waals surface area contributed by atoms with Crippen molar-refractivity contribution < 1.29 is 14.4 Å². The Balaban J connectivity index is 1.52. The van der Waals surface area contributed by atoms with Gasteiger partial charge in [-0.25, -0.2) is 0 Å². The van der Waals surface area contributed by atoms with Crippen LogP contribution >= 0.6 is 0 Å². The molecule has 2 aromatic carbocycles. The van der Waals surface area contributed by atoms with Crippen molar-refractivity contribution >= 4 is 17.6 Å². The Labute approximate surface area is 184 Å². The van der Waals surface area contributed by atoms with Gasteiger partial charge in [-0.05, 0) is 45.0 Å². The molecule has 0 radical (unpaired) electrons. The number of Topliss-reactive ketones (excluding diaryl/α,β-unsaturated/α-hetero) is 1. The summed E-state index contributed by atoms with van der Waals surface area (Å²) < 4.78 is 0. The van der Waals surface area contributed by atoms with Gasteiger partial charge in [-0.15, -0.1) is 0 Å². The molecule has 0 aliphatic carbocycles. The van der Waals surface area contributed by atoms with Crippen LogP contribution < -0.4 is 5.32 Å². The highest BCUT2D eigenvalue weighted by Crippen LogP contribution is 2.17. The third-order valence-electron chi connectivity index (χ3n) is 5.62. The Morgan fingerprint density at radius 2 is 1.58 bits per heavy atom. The molecule has 6 nitrogen and oxygen atoms in total. The Hall–Kier alpha value is -2.99. The monoisotopic (exact) mass is 421 g/mol. The van der Waals surface area contributed by atoms with Crippen LogP contribution in [0.3, 0.4) is 0 Å². The molecule has 2 amide bonds. The number of ketones is 1. The van der Waals surface area contributed by atoms with Crippen molar-refractivity contribution in [2.45, 2.75) is 19.3 Å². The number of rotatable bonds is 8. The van der Waals surface area contributed by atoms with E-state index in [4.69, 9.17) is 0 Å². The predicted octanol–water partition coefficient (Wildman–Crippen LogP) is 2.86. The van der Waals surface area contributed by atoms with Gasteiger partial charge in [-0.2, -0.15) is 0 Å². The summed E-state index contributed by atoms with van der Waals surface area (Å²) in [5.74, 6) is -0.960. The minimum absolute atomic E-state index is 0.0838. The number of nitrogens with zero attached hydrogens (tertiary/aromatic N) is 2. The molecule has 2 aromatic rings. The second-order valence-electron chi connectivity index (χ2n) is 8.05. The van der Waals surface area contributed by atoms with Crippen LogP contribution in [0.2, 0.25) is 0 Å². The Bertz CT molecular complexity index is 870. The minimum Gasteiger partial charge on any atom is -0.352 e. The van der Waals surface area contributed by atoms with Gasteiger partial charge in [0, 0.05) is 37.3 Å². The molecule has 1 aliphatic rings. The van der Waals surface area contributed by atoms with E-state index in [1.165, 1.54) is 0 Å². The van der Waals surface area contributed by atoms with Crippen molar-refractivity contribution in [2.24, 2.45) is 5.92 Å². The predicted molar refractivity (Wildman–Crippen MR) is 121 cm³/mol. The molecule has 1 heterocycles. The maximum Gasteiger partial charge on any atom is 0.251 e. The van der Waals surface area contributed by atoms with E-state index in [9.17, 15) is 14.4 Å². The fraction of sp³-hybridized carbons (Fsp3) is 0.400. The lowest BCUT2D eigenvalue weighted by atomic mass is 9.94. The molecule has 0 aromatic heterocycles. The number of nitrogens with one attached hydrogen (secondary N) is 1.